The lowest BCUT2D eigenvalue weighted by Gasteiger charge is -2.30. The molecule has 0 aliphatic carbocycles. The molecule has 1 aromatic rings. The van der Waals surface area contributed by atoms with Gasteiger partial charge in [0, 0.05) is 19.1 Å². The number of rotatable bonds is 3. The van der Waals surface area contributed by atoms with E-state index in [1.807, 2.05) is 0 Å². The fourth-order valence-electron chi connectivity index (χ4n) is 2.24. The van der Waals surface area contributed by atoms with Crippen LogP contribution in [0.4, 0.5) is 4.39 Å². The molecule has 2 N–H and O–H groups in total. The number of nitrogens with two attached hydrogens (primary N) is 1. The number of carbonyl (C=O) groups is 1. The Hall–Kier alpha value is -1.33. The maximum atomic E-state index is 13.7. The van der Waals surface area contributed by atoms with Crippen molar-refractivity contribution in [1.82, 2.24) is 4.90 Å². The van der Waals surface area contributed by atoms with E-state index in [9.17, 15) is 9.18 Å². The van der Waals surface area contributed by atoms with Crippen molar-refractivity contribution in [3.8, 4) is 5.75 Å². The van der Waals surface area contributed by atoms with Crippen LogP contribution in [0.3, 0.4) is 0 Å². The monoisotopic (exact) mass is 302 g/mol. The van der Waals surface area contributed by atoms with E-state index in [1.165, 1.54) is 12.1 Å². The summed E-state index contributed by atoms with van der Waals surface area (Å²) in [6.45, 7) is 3.32. The van der Waals surface area contributed by atoms with Gasteiger partial charge in [0.05, 0.1) is 12.2 Å². The molecule has 4 nitrogen and oxygen atoms in total. The zero-order valence-electron chi connectivity index (χ0n) is 11.5. The Morgan fingerprint density at radius 2 is 2.10 bits per heavy atom. The van der Waals surface area contributed by atoms with Crippen LogP contribution >= 0.6 is 12.4 Å². The van der Waals surface area contributed by atoms with Crippen LogP contribution in [0.25, 0.3) is 0 Å². The Labute approximate surface area is 124 Å². The number of hydrogen-bond acceptors (Lipinski definition) is 3. The first-order chi connectivity index (χ1) is 9.13. The van der Waals surface area contributed by atoms with Crippen LogP contribution in [0.15, 0.2) is 18.2 Å². The van der Waals surface area contributed by atoms with Gasteiger partial charge in [0.2, 0.25) is 0 Å². The second-order valence-corrected chi connectivity index (χ2v) is 4.68. The third-order valence-electron chi connectivity index (χ3n) is 3.31. The maximum Gasteiger partial charge on any atom is 0.257 e. The fraction of sp³-hybridized carbons (Fsp3) is 0.500. The number of carbonyl (C=O) groups excluding carboxylic acids is 1. The first-order valence-electron chi connectivity index (χ1n) is 6.59. The number of para-hydroxylation sites is 1. The van der Waals surface area contributed by atoms with E-state index >= 15 is 0 Å². The van der Waals surface area contributed by atoms with Gasteiger partial charge in [-0.1, -0.05) is 6.07 Å². The number of hydrogen-bond donors (Lipinski definition) is 1. The zero-order valence-corrected chi connectivity index (χ0v) is 12.3. The van der Waals surface area contributed by atoms with Gasteiger partial charge in [-0.05, 0) is 31.9 Å². The van der Waals surface area contributed by atoms with Crippen LogP contribution in [-0.2, 0) is 0 Å². The quantitative estimate of drug-likeness (QED) is 0.931. The second kappa shape index (κ2) is 7.45. The van der Waals surface area contributed by atoms with Crippen LogP contribution < -0.4 is 10.5 Å². The zero-order chi connectivity index (χ0) is 13.8. The Morgan fingerprint density at radius 3 is 2.70 bits per heavy atom. The van der Waals surface area contributed by atoms with E-state index in [0.717, 1.165) is 12.8 Å². The molecule has 0 saturated carbocycles. The van der Waals surface area contributed by atoms with Gasteiger partial charge in [-0.15, -0.1) is 12.4 Å². The molecule has 20 heavy (non-hydrogen) atoms. The summed E-state index contributed by atoms with van der Waals surface area (Å²) in [4.78, 5) is 14.1. The molecule has 0 bridgehead atoms. The predicted octanol–water partition coefficient (Wildman–Crippen LogP) is 2.21. The molecule has 1 amide bonds. The molecule has 6 heteroatoms. The summed E-state index contributed by atoms with van der Waals surface area (Å²) >= 11 is 0. The van der Waals surface area contributed by atoms with E-state index in [-0.39, 0.29) is 35.7 Å². The summed E-state index contributed by atoms with van der Waals surface area (Å²) in [5, 5.41) is 0. The molecule has 1 saturated heterocycles. The molecular weight excluding hydrogens is 283 g/mol. The topological polar surface area (TPSA) is 55.6 Å². The average Bonchev–Trinajstić information content (AvgIpc) is 2.41. The number of halogens is 2. The SMILES string of the molecule is CCOc1c(F)cccc1C(=O)N1CCC(N)CC1.Cl. The summed E-state index contributed by atoms with van der Waals surface area (Å²) in [5.74, 6) is -0.638. The smallest absolute Gasteiger partial charge is 0.257 e. The van der Waals surface area contributed by atoms with Crippen LogP contribution in [-0.4, -0.2) is 36.5 Å². The standard InChI is InChI=1S/C14H19FN2O2.ClH/c1-2-19-13-11(4-3-5-12(13)15)14(18)17-8-6-10(16)7-9-17;/h3-5,10H,2,6-9,16H2,1H3;1H. The van der Waals surface area contributed by atoms with Crippen molar-refractivity contribution < 1.29 is 13.9 Å². The highest BCUT2D eigenvalue weighted by atomic mass is 35.5. The van der Waals surface area contributed by atoms with Gasteiger partial charge in [-0.25, -0.2) is 4.39 Å². The number of piperidine rings is 1. The molecular formula is C14H20ClFN2O2. The molecule has 1 aliphatic heterocycles. The average molecular weight is 303 g/mol. The predicted molar refractivity (Wildman–Crippen MR) is 77.9 cm³/mol. The van der Waals surface area contributed by atoms with Crippen molar-refractivity contribution in [2.75, 3.05) is 19.7 Å². The lowest BCUT2D eigenvalue weighted by Crippen LogP contribution is -2.43. The van der Waals surface area contributed by atoms with Crippen molar-refractivity contribution in [3.63, 3.8) is 0 Å². The molecule has 112 valence electrons. The summed E-state index contributed by atoms with van der Waals surface area (Å²) in [7, 11) is 0. The molecule has 1 fully saturated rings. The van der Waals surface area contributed by atoms with Gasteiger partial charge in [0.15, 0.2) is 11.6 Å². The molecule has 0 radical (unpaired) electrons. The van der Waals surface area contributed by atoms with E-state index < -0.39 is 5.82 Å². The van der Waals surface area contributed by atoms with Gasteiger partial charge in [-0.3, -0.25) is 4.79 Å². The summed E-state index contributed by atoms with van der Waals surface area (Å²) in [6.07, 6.45) is 1.57. The maximum absolute atomic E-state index is 13.7. The largest absolute Gasteiger partial charge is 0.490 e. The third kappa shape index (κ3) is 3.61. The van der Waals surface area contributed by atoms with Crippen molar-refractivity contribution in [2.24, 2.45) is 5.73 Å². The Balaban J connectivity index is 0.00000200. The van der Waals surface area contributed by atoms with Gasteiger partial charge in [0.25, 0.3) is 5.91 Å². The van der Waals surface area contributed by atoms with Crippen molar-refractivity contribution in [3.05, 3.63) is 29.6 Å². The third-order valence-corrected chi connectivity index (χ3v) is 3.31. The minimum atomic E-state index is -0.499. The normalized spacial score (nSPS) is 15.7. The highest BCUT2D eigenvalue weighted by Gasteiger charge is 2.25. The van der Waals surface area contributed by atoms with Crippen LogP contribution in [0.2, 0.25) is 0 Å². The van der Waals surface area contributed by atoms with Gasteiger partial charge < -0.3 is 15.4 Å². The highest BCUT2D eigenvalue weighted by molar-refractivity contribution is 5.97. The van der Waals surface area contributed by atoms with E-state index in [0.29, 0.717) is 19.7 Å². The van der Waals surface area contributed by atoms with Crippen molar-refractivity contribution >= 4 is 18.3 Å². The lowest BCUT2D eigenvalue weighted by molar-refractivity contribution is 0.0709. The summed E-state index contributed by atoms with van der Waals surface area (Å²) in [5.41, 5.74) is 6.10. The first kappa shape index (κ1) is 16.7. The van der Waals surface area contributed by atoms with Gasteiger partial charge >= 0.3 is 0 Å². The van der Waals surface area contributed by atoms with Crippen molar-refractivity contribution in [2.45, 2.75) is 25.8 Å². The van der Waals surface area contributed by atoms with E-state index in [1.54, 1.807) is 17.9 Å². The van der Waals surface area contributed by atoms with Crippen LogP contribution in [0, 0.1) is 5.82 Å². The number of likely N-dealkylation sites (tertiary alicyclic amines) is 1. The van der Waals surface area contributed by atoms with Crippen LogP contribution in [0.1, 0.15) is 30.1 Å². The summed E-state index contributed by atoms with van der Waals surface area (Å²) in [6, 6.07) is 4.59. The molecule has 2 rings (SSSR count). The minimum Gasteiger partial charge on any atom is -0.490 e. The fourth-order valence-corrected chi connectivity index (χ4v) is 2.24. The number of nitrogens with zero attached hydrogens (tertiary/aromatic N) is 1. The van der Waals surface area contributed by atoms with E-state index in [4.69, 9.17) is 10.5 Å². The van der Waals surface area contributed by atoms with E-state index in [2.05, 4.69) is 0 Å². The van der Waals surface area contributed by atoms with Crippen molar-refractivity contribution in [1.29, 1.82) is 0 Å². The minimum absolute atomic E-state index is 0. The number of benzene rings is 1. The molecule has 1 aromatic carbocycles. The molecule has 0 aromatic heterocycles. The molecule has 0 unspecified atom stereocenters. The molecule has 0 spiro atoms. The number of amides is 1. The molecule has 1 aliphatic rings. The molecule has 0 atom stereocenters. The Bertz CT molecular complexity index is 462. The molecule has 1 heterocycles. The summed E-state index contributed by atoms with van der Waals surface area (Å²) < 4.78 is 19.0. The number of ether oxygens (including phenoxy) is 1. The lowest BCUT2D eigenvalue weighted by atomic mass is 10.0. The van der Waals surface area contributed by atoms with Gasteiger partial charge in [-0.2, -0.15) is 0 Å². The second-order valence-electron chi connectivity index (χ2n) is 4.68. The van der Waals surface area contributed by atoms with Gasteiger partial charge in [0.1, 0.15) is 0 Å². The first-order valence-corrected chi connectivity index (χ1v) is 6.59. The Morgan fingerprint density at radius 1 is 1.45 bits per heavy atom. The Kier molecular flexibility index (Phi) is 6.23. The van der Waals surface area contributed by atoms with Crippen LogP contribution in [0.5, 0.6) is 5.75 Å². The highest BCUT2D eigenvalue weighted by Crippen LogP contribution is 2.25.